The number of nitriles is 1. The number of hydrogen-bond acceptors (Lipinski definition) is 5. The number of nitrogens with one attached hydrogen (secondary N) is 1. The fourth-order valence-corrected chi connectivity index (χ4v) is 3.24. The summed E-state index contributed by atoms with van der Waals surface area (Å²) in [5.74, 6) is -1.04. The Kier molecular flexibility index (Phi) is 6.51. The first-order chi connectivity index (χ1) is 14.6. The maximum absolute atomic E-state index is 14.9. The minimum atomic E-state index is -1.11. The lowest BCUT2D eigenvalue weighted by Gasteiger charge is -2.32. The molecule has 1 heterocycles. The van der Waals surface area contributed by atoms with E-state index in [1.165, 1.54) is 19.2 Å². The molecule has 1 unspecified atom stereocenters. The van der Waals surface area contributed by atoms with Crippen LogP contribution in [0.3, 0.4) is 0 Å². The summed E-state index contributed by atoms with van der Waals surface area (Å²) in [6.07, 6.45) is -1.11. The normalized spacial score (nSPS) is 17.8. The first-order valence-corrected chi connectivity index (χ1v) is 10.0. The maximum Gasteiger partial charge on any atom is 0.494 e. The number of methoxy groups -OCH3 is 1. The summed E-state index contributed by atoms with van der Waals surface area (Å²) in [6, 6.07) is 13.4. The van der Waals surface area contributed by atoms with Gasteiger partial charge in [0.05, 0.1) is 22.8 Å². The second-order valence-electron chi connectivity index (χ2n) is 8.51. The molecule has 1 atom stereocenters. The molecule has 0 aliphatic carbocycles. The smallest absolute Gasteiger partial charge is 0.399 e. The lowest BCUT2D eigenvalue weighted by atomic mass is 9.78. The van der Waals surface area contributed by atoms with Gasteiger partial charge < -0.3 is 19.4 Å². The van der Waals surface area contributed by atoms with Crippen LogP contribution in [0.25, 0.3) is 0 Å². The molecule has 1 amide bonds. The van der Waals surface area contributed by atoms with Crippen LogP contribution in [-0.4, -0.2) is 31.3 Å². The van der Waals surface area contributed by atoms with Crippen molar-refractivity contribution in [2.24, 2.45) is 0 Å². The summed E-state index contributed by atoms with van der Waals surface area (Å²) in [7, 11) is 0.660. The molecule has 0 bridgehead atoms. The van der Waals surface area contributed by atoms with Crippen molar-refractivity contribution in [1.29, 1.82) is 5.26 Å². The molecule has 31 heavy (non-hydrogen) atoms. The molecular formula is C23H26BFN2O4. The number of rotatable bonds is 6. The minimum Gasteiger partial charge on any atom is -0.399 e. The summed E-state index contributed by atoms with van der Waals surface area (Å²) >= 11 is 0. The molecule has 0 aromatic heterocycles. The molecule has 0 radical (unpaired) electrons. The van der Waals surface area contributed by atoms with E-state index in [2.05, 4.69) is 5.32 Å². The van der Waals surface area contributed by atoms with Gasteiger partial charge in [0.1, 0.15) is 5.82 Å². The first kappa shape index (κ1) is 22.9. The van der Waals surface area contributed by atoms with Crippen LogP contribution >= 0.6 is 0 Å². The van der Waals surface area contributed by atoms with Gasteiger partial charge in [-0.2, -0.15) is 5.26 Å². The summed E-state index contributed by atoms with van der Waals surface area (Å²) in [5, 5.41) is 11.6. The zero-order valence-electron chi connectivity index (χ0n) is 18.4. The van der Waals surface area contributed by atoms with Gasteiger partial charge in [0.2, 0.25) is 0 Å². The topological polar surface area (TPSA) is 80.6 Å². The van der Waals surface area contributed by atoms with E-state index in [1.807, 2.05) is 33.8 Å². The highest BCUT2D eigenvalue weighted by atomic mass is 19.1. The monoisotopic (exact) mass is 424 g/mol. The SMILES string of the molecule is COC(C(=O)NCc1ccc(C#N)cc1)c1ccc(B2OC(C)(C)C(C)(C)O2)cc1F. The number of benzene rings is 2. The summed E-state index contributed by atoms with van der Waals surface area (Å²) < 4.78 is 32.1. The second-order valence-corrected chi connectivity index (χ2v) is 8.51. The van der Waals surface area contributed by atoms with Crippen LogP contribution in [0.5, 0.6) is 0 Å². The number of carbonyl (C=O) groups excluding carboxylic acids is 1. The van der Waals surface area contributed by atoms with Gasteiger partial charge in [0.15, 0.2) is 6.10 Å². The lowest BCUT2D eigenvalue weighted by Crippen LogP contribution is -2.41. The predicted molar refractivity (Wildman–Crippen MR) is 115 cm³/mol. The zero-order valence-corrected chi connectivity index (χ0v) is 18.4. The number of hydrogen-bond donors (Lipinski definition) is 1. The third-order valence-corrected chi connectivity index (χ3v) is 5.86. The Balaban J connectivity index is 1.71. The minimum absolute atomic E-state index is 0.125. The van der Waals surface area contributed by atoms with Gasteiger partial charge in [-0.1, -0.05) is 24.3 Å². The number of halogens is 1. The Morgan fingerprint density at radius 1 is 1.16 bits per heavy atom. The molecule has 6 nitrogen and oxygen atoms in total. The van der Waals surface area contributed by atoms with E-state index in [1.54, 1.807) is 30.3 Å². The van der Waals surface area contributed by atoms with Gasteiger partial charge in [-0.05, 0) is 56.9 Å². The van der Waals surface area contributed by atoms with Crippen molar-refractivity contribution >= 4 is 18.5 Å². The quantitative estimate of drug-likeness (QED) is 0.722. The molecular weight excluding hydrogens is 398 g/mol. The Morgan fingerprint density at radius 2 is 1.77 bits per heavy atom. The van der Waals surface area contributed by atoms with Crippen molar-refractivity contribution in [1.82, 2.24) is 5.32 Å². The van der Waals surface area contributed by atoms with Crippen LogP contribution in [0.1, 0.15) is 50.5 Å². The van der Waals surface area contributed by atoms with Crippen LogP contribution in [-0.2, 0) is 25.4 Å². The second kappa shape index (κ2) is 8.79. The van der Waals surface area contributed by atoms with Gasteiger partial charge in [-0.15, -0.1) is 0 Å². The highest BCUT2D eigenvalue weighted by Crippen LogP contribution is 2.36. The molecule has 8 heteroatoms. The van der Waals surface area contributed by atoms with Crippen molar-refractivity contribution in [3.63, 3.8) is 0 Å². The van der Waals surface area contributed by atoms with E-state index in [-0.39, 0.29) is 12.1 Å². The third-order valence-electron chi connectivity index (χ3n) is 5.86. The van der Waals surface area contributed by atoms with Crippen LogP contribution in [0.15, 0.2) is 42.5 Å². The van der Waals surface area contributed by atoms with Crippen molar-refractivity contribution < 1.29 is 23.2 Å². The molecule has 0 spiro atoms. The summed E-state index contributed by atoms with van der Waals surface area (Å²) in [5.41, 5.74) is 0.945. The summed E-state index contributed by atoms with van der Waals surface area (Å²) in [4.78, 5) is 12.6. The number of nitrogens with zero attached hydrogens (tertiary/aromatic N) is 1. The van der Waals surface area contributed by atoms with Gasteiger partial charge in [-0.25, -0.2) is 4.39 Å². The fourth-order valence-electron chi connectivity index (χ4n) is 3.24. The lowest BCUT2D eigenvalue weighted by molar-refractivity contribution is -0.131. The molecule has 1 fully saturated rings. The Hall–Kier alpha value is -2.73. The van der Waals surface area contributed by atoms with Crippen molar-refractivity contribution in [2.75, 3.05) is 7.11 Å². The van der Waals surface area contributed by atoms with Crippen LogP contribution in [0, 0.1) is 17.1 Å². The maximum atomic E-state index is 14.9. The molecule has 162 valence electrons. The molecule has 2 aromatic carbocycles. The van der Waals surface area contributed by atoms with E-state index in [4.69, 9.17) is 19.3 Å². The van der Waals surface area contributed by atoms with Gasteiger partial charge in [0.25, 0.3) is 5.91 Å². The van der Waals surface area contributed by atoms with Crippen LogP contribution < -0.4 is 10.8 Å². The van der Waals surface area contributed by atoms with Crippen molar-refractivity contribution in [2.45, 2.75) is 51.5 Å². The molecule has 1 N–H and O–H groups in total. The predicted octanol–water partition coefficient (Wildman–Crippen LogP) is 3.00. The highest BCUT2D eigenvalue weighted by Gasteiger charge is 2.51. The fraction of sp³-hybridized carbons (Fsp3) is 0.391. The average molecular weight is 424 g/mol. The molecule has 1 aliphatic heterocycles. The van der Waals surface area contributed by atoms with Gasteiger partial charge in [0, 0.05) is 19.2 Å². The number of carbonyl (C=O) groups is 1. The molecule has 1 aliphatic rings. The van der Waals surface area contributed by atoms with Crippen LogP contribution in [0.2, 0.25) is 0 Å². The molecule has 2 aromatic rings. The van der Waals surface area contributed by atoms with Gasteiger partial charge in [-0.3, -0.25) is 4.79 Å². The van der Waals surface area contributed by atoms with E-state index in [0.717, 1.165) is 5.56 Å². The Morgan fingerprint density at radius 3 is 2.29 bits per heavy atom. The summed E-state index contributed by atoms with van der Waals surface area (Å²) in [6.45, 7) is 7.94. The zero-order chi connectivity index (χ0) is 22.8. The van der Waals surface area contributed by atoms with Crippen molar-refractivity contribution in [3.05, 3.63) is 65.0 Å². The van der Waals surface area contributed by atoms with E-state index in [0.29, 0.717) is 11.0 Å². The highest BCUT2D eigenvalue weighted by molar-refractivity contribution is 6.62. The molecule has 3 rings (SSSR count). The first-order valence-electron chi connectivity index (χ1n) is 10.0. The van der Waals surface area contributed by atoms with Crippen LogP contribution in [0.4, 0.5) is 4.39 Å². The Labute approximate surface area is 182 Å². The average Bonchev–Trinajstić information content (AvgIpc) is 2.95. The van der Waals surface area contributed by atoms with E-state index >= 15 is 0 Å². The van der Waals surface area contributed by atoms with E-state index < -0.39 is 36.1 Å². The third kappa shape index (κ3) is 4.80. The standard InChI is InChI=1S/C23H26BFN2O4/c1-22(2)23(3,4)31-24(30-22)17-10-11-18(19(25)12-17)20(29-5)21(28)27-14-16-8-6-15(13-26)7-9-16/h6-12,20H,14H2,1-5H3,(H,27,28). The van der Waals surface area contributed by atoms with E-state index in [9.17, 15) is 9.18 Å². The molecule has 1 saturated heterocycles. The number of amides is 1. The van der Waals surface area contributed by atoms with Gasteiger partial charge >= 0.3 is 7.12 Å². The Bertz CT molecular complexity index is 986. The largest absolute Gasteiger partial charge is 0.494 e. The van der Waals surface area contributed by atoms with Crippen molar-refractivity contribution in [3.8, 4) is 6.07 Å². The molecule has 0 saturated carbocycles. The number of ether oxygens (including phenoxy) is 1.